The predicted octanol–water partition coefficient (Wildman–Crippen LogP) is 1.27. The van der Waals surface area contributed by atoms with E-state index in [-0.39, 0.29) is 18.4 Å². The van der Waals surface area contributed by atoms with Crippen molar-refractivity contribution in [3.63, 3.8) is 0 Å². The number of pyridine rings is 1. The SMILES string of the molecule is O=C(C[C@H]1NCCC[C@@H]1O)Cn1cnc2ccc(Br)nc21. The quantitative estimate of drug-likeness (QED) is 0.810. The molecule has 0 aromatic carbocycles. The van der Waals surface area contributed by atoms with E-state index in [0.717, 1.165) is 24.9 Å². The molecule has 112 valence electrons. The number of carbonyl (C=O) groups is 1. The largest absolute Gasteiger partial charge is 0.391 e. The lowest BCUT2D eigenvalue weighted by atomic mass is 9.97. The number of hydrogen-bond acceptors (Lipinski definition) is 5. The van der Waals surface area contributed by atoms with E-state index in [9.17, 15) is 9.90 Å². The van der Waals surface area contributed by atoms with Gasteiger partial charge in [0.05, 0.1) is 19.0 Å². The molecule has 2 atom stereocenters. The lowest BCUT2D eigenvalue weighted by Crippen LogP contribution is -2.46. The minimum Gasteiger partial charge on any atom is -0.391 e. The van der Waals surface area contributed by atoms with Crippen LogP contribution in [0.5, 0.6) is 0 Å². The first-order chi connectivity index (χ1) is 10.1. The molecule has 2 aromatic heterocycles. The Kier molecular flexibility index (Phi) is 4.32. The topological polar surface area (TPSA) is 80.0 Å². The van der Waals surface area contributed by atoms with Crippen LogP contribution in [0.1, 0.15) is 19.3 Å². The Morgan fingerprint density at radius 3 is 3.19 bits per heavy atom. The Morgan fingerprint density at radius 2 is 2.38 bits per heavy atom. The zero-order valence-corrected chi connectivity index (χ0v) is 13.1. The van der Waals surface area contributed by atoms with E-state index < -0.39 is 6.10 Å². The molecule has 3 heterocycles. The van der Waals surface area contributed by atoms with E-state index in [1.54, 1.807) is 10.9 Å². The first kappa shape index (κ1) is 14.6. The van der Waals surface area contributed by atoms with Gasteiger partial charge in [0.1, 0.15) is 10.1 Å². The van der Waals surface area contributed by atoms with Crippen LogP contribution in [0.25, 0.3) is 11.2 Å². The summed E-state index contributed by atoms with van der Waals surface area (Å²) in [4.78, 5) is 20.8. The first-order valence-electron chi connectivity index (χ1n) is 7.04. The number of Topliss-reactive ketones (excluding diaryl/α,β-unsaturated/α-hetero) is 1. The third-order valence-corrected chi connectivity index (χ3v) is 4.21. The van der Waals surface area contributed by atoms with Gasteiger partial charge >= 0.3 is 0 Å². The van der Waals surface area contributed by atoms with Crippen LogP contribution in [0.4, 0.5) is 0 Å². The molecule has 21 heavy (non-hydrogen) atoms. The van der Waals surface area contributed by atoms with E-state index in [2.05, 4.69) is 31.2 Å². The molecule has 3 rings (SSSR count). The van der Waals surface area contributed by atoms with Crippen LogP contribution in [0.15, 0.2) is 23.1 Å². The maximum atomic E-state index is 12.2. The molecule has 6 nitrogen and oxygen atoms in total. The molecule has 2 aromatic rings. The highest BCUT2D eigenvalue weighted by molar-refractivity contribution is 9.10. The highest BCUT2D eigenvalue weighted by atomic mass is 79.9. The lowest BCUT2D eigenvalue weighted by molar-refractivity contribution is -0.121. The molecule has 0 spiro atoms. The lowest BCUT2D eigenvalue weighted by Gasteiger charge is -2.28. The summed E-state index contributed by atoms with van der Waals surface area (Å²) in [6, 6.07) is 3.55. The number of aromatic nitrogens is 3. The molecular weight excluding hydrogens is 336 g/mol. The minimum atomic E-state index is -0.436. The summed E-state index contributed by atoms with van der Waals surface area (Å²) >= 11 is 3.32. The van der Waals surface area contributed by atoms with Gasteiger partial charge in [-0.15, -0.1) is 0 Å². The number of aliphatic hydroxyl groups excluding tert-OH is 1. The number of halogens is 1. The van der Waals surface area contributed by atoms with Crippen LogP contribution >= 0.6 is 15.9 Å². The molecule has 1 aliphatic heterocycles. The van der Waals surface area contributed by atoms with Gasteiger partial charge < -0.3 is 15.0 Å². The van der Waals surface area contributed by atoms with Crippen LogP contribution in [-0.4, -0.2) is 44.1 Å². The van der Waals surface area contributed by atoms with Crippen molar-refractivity contribution in [3.05, 3.63) is 23.1 Å². The molecule has 0 amide bonds. The molecule has 0 aliphatic carbocycles. The van der Waals surface area contributed by atoms with Gasteiger partial charge in [-0.05, 0) is 47.4 Å². The molecule has 2 N–H and O–H groups in total. The summed E-state index contributed by atoms with van der Waals surface area (Å²) in [5.41, 5.74) is 1.46. The number of aliphatic hydroxyl groups is 1. The molecule has 0 saturated carbocycles. The van der Waals surface area contributed by atoms with Crippen molar-refractivity contribution in [2.45, 2.75) is 38.0 Å². The standard InChI is InChI=1S/C14H17BrN4O2/c15-13-4-3-10-14(18-13)19(8-17-10)7-9(20)6-11-12(21)2-1-5-16-11/h3-4,8,11-12,16,21H,1-2,5-7H2/t11-,12+/m1/s1. The number of piperidine rings is 1. The molecule has 1 aliphatic rings. The van der Waals surface area contributed by atoms with Crippen molar-refractivity contribution in [1.29, 1.82) is 0 Å². The van der Waals surface area contributed by atoms with Crippen molar-refractivity contribution < 1.29 is 9.90 Å². The normalized spacial score (nSPS) is 22.6. The molecule has 0 radical (unpaired) electrons. The number of nitrogens with one attached hydrogen (secondary N) is 1. The molecule has 0 bridgehead atoms. The fourth-order valence-corrected chi connectivity index (χ4v) is 2.98. The van der Waals surface area contributed by atoms with Crippen LogP contribution in [0.2, 0.25) is 0 Å². The Balaban J connectivity index is 1.70. The van der Waals surface area contributed by atoms with Crippen LogP contribution in [0.3, 0.4) is 0 Å². The fraction of sp³-hybridized carbons (Fsp3) is 0.500. The molecule has 7 heteroatoms. The monoisotopic (exact) mass is 352 g/mol. The number of rotatable bonds is 4. The Labute approximate surface area is 130 Å². The van der Waals surface area contributed by atoms with Crippen molar-refractivity contribution in [3.8, 4) is 0 Å². The van der Waals surface area contributed by atoms with Gasteiger partial charge in [-0.1, -0.05) is 0 Å². The Bertz CT molecular complexity index is 657. The molecule has 1 fully saturated rings. The van der Waals surface area contributed by atoms with Gasteiger partial charge in [-0.2, -0.15) is 0 Å². The number of hydrogen-bond donors (Lipinski definition) is 2. The fourth-order valence-electron chi connectivity index (χ4n) is 2.68. The average molecular weight is 353 g/mol. The number of nitrogens with zero attached hydrogens (tertiary/aromatic N) is 3. The summed E-state index contributed by atoms with van der Waals surface area (Å²) in [5, 5.41) is 13.1. The maximum absolute atomic E-state index is 12.2. The average Bonchev–Trinajstić information content (AvgIpc) is 2.84. The zero-order valence-electron chi connectivity index (χ0n) is 11.5. The highest BCUT2D eigenvalue weighted by Gasteiger charge is 2.25. The number of ketones is 1. The molecule has 0 unspecified atom stereocenters. The van der Waals surface area contributed by atoms with Gasteiger partial charge in [0.15, 0.2) is 11.4 Å². The van der Waals surface area contributed by atoms with Crippen molar-refractivity contribution in [2.24, 2.45) is 0 Å². The number of imidazole rings is 1. The van der Waals surface area contributed by atoms with E-state index in [4.69, 9.17) is 0 Å². The zero-order chi connectivity index (χ0) is 14.8. The van der Waals surface area contributed by atoms with Crippen molar-refractivity contribution in [1.82, 2.24) is 19.9 Å². The van der Waals surface area contributed by atoms with E-state index in [1.165, 1.54) is 0 Å². The van der Waals surface area contributed by atoms with Gasteiger partial charge in [-0.3, -0.25) is 4.79 Å². The van der Waals surface area contributed by atoms with Gasteiger partial charge in [0.25, 0.3) is 0 Å². The summed E-state index contributed by atoms with van der Waals surface area (Å²) in [6.45, 7) is 1.09. The van der Waals surface area contributed by atoms with E-state index in [0.29, 0.717) is 16.7 Å². The van der Waals surface area contributed by atoms with Crippen LogP contribution in [0, 0.1) is 0 Å². The summed E-state index contributed by atoms with van der Waals surface area (Å²) in [7, 11) is 0. The third-order valence-electron chi connectivity index (χ3n) is 3.77. The van der Waals surface area contributed by atoms with Crippen LogP contribution in [-0.2, 0) is 11.3 Å². The Morgan fingerprint density at radius 1 is 1.52 bits per heavy atom. The van der Waals surface area contributed by atoms with Crippen LogP contribution < -0.4 is 5.32 Å². The maximum Gasteiger partial charge on any atom is 0.161 e. The second-order valence-corrected chi connectivity index (χ2v) is 6.17. The predicted molar refractivity (Wildman–Crippen MR) is 81.9 cm³/mol. The third kappa shape index (κ3) is 3.30. The summed E-state index contributed by atoms with van der Waals surface area (Å²) < 4.78 is 2.46. The Hall–Kier alpha value is -1.31. The first-order valence-corrected chi connectivity index (χ1v) is 7.83. The van der Waals surface area contributed by atoms with E-state index >= 15 is 0 Å². The van der Waals surface area contributed by atoms with Gasteiger partial charge in [0.2, 0.25) is 0 Å². The number of carbonyl (C=O) groups excluding carboxylic acids is 1. The van der Waals surface area contributed by atoms with Crippen molar-refractivity contribution >= 4 is 32.9 Å². The van der Waals surface area contributed by atoms with Gasteiger partial charge in [-0.25, -0.2) is 9.97 Å². The highest BCUT2D eigenvalue weighted by Crippen LogP contribution is 2.16. The summed E-state index contributed by atoms with van der Waals surface area (Å²) in [5.74, 6) is 0.0644. The molecular formula is C14H17BrN4O2. The molecule has 1 saturated heterocycles. The second-order valence-electron chi connectivity index (χ2n) is 5.36. The smallest absolute Gasteiger partial charge is 0.161 e. The van der Waals surface area contributed by atoms with Gasteiger partial charge in [0, 0.05) is 12.5 Å². The second kappa shape index (κ2) is 6.21. The summed E-state index contributed by atoms with van der Waals surface area (Å²) in [6.07, 6.45) is 3.24. The van der Waals surface area contributed by atoms with E-state index in [1.807, 2.05) is 12.1 Å². The van der Waals surface area contributed by atoms with Crippen molar-refractivity contribution in [2.75, 3.05) is 6.54 Å². The minimum absolute atomic E-state index is 0.0644. The number of fused-ring (bicyclic) bond motifs is 1.